The van der Waals surface area contributed by atoms with Crippen molar-refractivity contribution < 1.29 is 18.1 Å². The maximum atomic E-state index is 12.8. The number of anilines is 2. The summed E-state index contributed by atoms with van der Waals surface area (Å²) in [5.74, 6) is -0.556. The van der Waals surface area contributed by atoms with E-state index in [1.807, 2.05) is 0 Å². The van der Waals surface area contributed by atoms with Gasteiger partial charge in [0.1, 0.15) is 0 Å². The summed E-state index contributed by atoms with van der Waals surface area (Å²) in [6.07, 6.45) is 0.477. The number of nitrogens with one attached hydrogen (secondary N) is 2. The van der Waals surface area contributed by atoms with Gasteiger partial charge in [-0.1, -0.05) is 24.3 Å². The van der Waals surface area contributed by atoms with E-state index in [1.165, 1.54) is 22.9 Å². The van der Waals surface area contributed by atoms with E-state index in [9.17, 15) is 23.3 Å². The first-order valence-electron chi connectivity index (χ1n) is 9.71. The van der Waals surface area contributed by atoms with Crippen LogP contribution >= 0.6 is 0 Å². The lowest BCUT2D eigenvalue weighted by Gasteiger charge is -2.14. The molecule has 0 saturated carbocycles. The fourth-order valence-corrected chi connectivity index (χ4v) is 4.27. The van der Waals surface area contributed by atoms with Gasteiger partial charge < -0.3 is 5.32 Å². The van der Waals surface area contributed by atoms with E-state index in [0.717, 1.165) is 0 Å². The van der Waals surface area contributed by atoms with Crippen LogP contribution in [0.3, 0.4) is 0 Å². The predicted octanol–water partition coefficient (Wildman–Crippen LogP) is 3.20. The second-order valence-electron chi connectivity index (χ2n) is 7.07. The minimum absolute atomic E-state index is 0.0109. The monoisotopic (exact) mass is 458 g/mol. The quantitative estimate of drug-likeness (QED) is 0.389. The summed E-state index contributed by atoms with van der Waals surface area (Å²) >= 11 is 0. The third kappa shape index (κ3) is 4.91. The molecule has 0 atom stereocenters. The second-order valence-corrected chi connectivity index (χ2v) is 8.91. The highest BCUT2D eigenvalue weighted by Crippen LogP contribution is 2.25. The Morgan fingerprint density at radius 1 is 1.16 bits per heavy atom. The van der Waals surface area contributed by atoms with Crippen LogP contribution < -0.4 is 10.0 Å². The Bertz CT molecular complexity index is 1290. The Labute approximate surface area is 184 Å². The molecule has 2 N–H and O–H groups in total. The lowest BCUT2D eigenvalue weighted by atomic mass is 10.1. The molecule has 0 fully saturated rings. The Hall–Kier alpha value is -3.80. The number of non-ortho nitro benzene ring substituents is 1. The number of carbonyl (C=O) groups excluding carboxylic acids is 1. The molecular formula is C20H22N6O5S. The van der Waals surface area contributed by atoms with Gasteiger partial charge in [0, 0.05) is 17.8 Å². The molecule has 2 aromatic carbocycles. The zero-order chi connectivity index (χ0) is 23.5. The average molecular weight is 459 g/mol. The number of nitro benzene ring substituents is 1. The highest BCUT2D eigenvalue weighted by Gasteiger charge is 2.20. The van der Waals surface area contributed by atoms with Crippen LogP contribution in [0.4, 0.5) is 17.1 Å². The minimum Gasteiger partial charge on any atom is -0.320 e. The van der Waals surface area contributed by atoms with E-state index < -0.39 is 20.9 Å². The summed E-state index contributed by atoms with van der Waals surface area (Å²) < 4.78 is 28.1. The molecule has 0 bridgehead atoms. The largest absolute Gasteiger partial charge is 0.320 e. The number of aromatic nitrogens is 3. The van der Waals surface area contributed by atoms with E-state index in [2.05, 4.69) is 20.4 Å². The van der Waals surface area contributed by atoms with Gasteiger partial charge in [0.05, 0.1) is 27.7 Å². The summed E-state index contributed by atoms with van der Waals surface area (Å²) in [5.41, 5.74) is 2.04. The predicted molar refractivity (Wildman–Crippen MR) is 120 cm³/mol. The van der Waals surface area contributed by atoms with Crippen LogP contribution in [0.1, 0.15) is 35.1 Å². The van der Waals surface area contributed by atoms with E-state index in [0.29, 0.717) is 34.7 Å². The first-order valence-corrected chi connectivity index (χ1v) is 11.4. The zero-order valence-corrected chi connectivity index (χ0v) is 18.5. The Kier molecular flexibility index (Phi) is 6.53. The number of nitrogens with zero attached hydrogens (tertiary/aromatic N) is 4. The first-order chi connectivity index (χ1) is 15.1. The van der Waals surface area contributed by atoms with Crippen molar-refractivity contribution in [2.75, 3.05) is 15.8 Å². The number of carbonyl (C=O) groups is 1. The van der Waals surface area contributed by atoms with Crippen LogP contribution in [0.2, 0.25) is 0 Å². The molecule has 1 amide bonds. The van der Waals surface area contributed by atoms with Crippen LogP contribution in [0.5, 0.6) is 0 Å². The third-order valence-corrected chi connectivity index (χ3v) is 6.19. The maximum absolute atomic E-state index is 12.8. The van der Waals surface area contributed by atoms with Gasteiger partial charge in [-0.3, -0.25) is 19.6 Å². The molecule has 11 nitrogen and oxygen atoms in total. The molecule has 0 saturated heterocycles. The number of nitro groups is 1. The summed E-state index contributed by atoms with van der Waals surface area (Å²) in [6.45, 7) is 5.08. The standard InChI is InChI=1S/C20H22N6O5S/c1-4-11-32(30,31)23-18-10-6-9-17(13(18)2)21-20(27)19-14(3)25(24-22-19)15-7-5-8-16(12-15)26(28)29/h5-10,12,23H,4,11H2,1-3H3,(H,21,27). The molecule has 3 aromatic rings. The smallest absolute Gasteiger partial charge is 0.278 e. The molecule has 1 heterocycles. The van der Waals surface area contributed by atoms with Crippen LogP contribution in [0.25, 0.3) is 5.69 Å². The number of hydrogen-bond donors (Lipinski definition) is 2. The molecule has 0 radical (unpaired) electrons. The summed E-state index contributed by atoms with van der Waals surface area (Å²) in [5, 5.41) is 21.6. The Morgan fingerprint density at radius 3 is 2.53 bits per heavy atom. The summed E-state index contributed by atoms with van der Waals surface area (Å²) in [6, 6.07) is 10.7. The van der Waals surface area contributed by atoms with Crippen LogP contribution in [-0.2, 0) is 10.0 Å². The first kappa shape index (κ1) is 22.9. The van der Waals surface area contributed by atoms with Crippen LogP contribution in [0.15, 0.2) is 42.5 Å². The molecule has 0 aliphatic heterocycles. The zero-order valence-electron chi connectivity index (χ0n) is 17.7. The molecule has 1 aromatic heterocycles. The maximum Gasteiger partial charge on any atom is 0.278 e. The molecule has 32 heavy (non-hydrogen) atoms. The summed E-state index contributed by atoms with van der Waals surface area (Å²) in [4.78, 5) is 23.3. The van der Waals surface area contributed by atoms with Crippen molar-refractivity contribution in [3.05, 3.63) is 69.5 Å². The normalized spacial score (nSPS) is 11.2. The average Bonchev–Trinajstić information content (AvgIpc) is 3.12. The van der Waals surface area contributed by atoms with Gasteiger partial charge in [-0.15, -0.1) is 5.10 Å². The number of hydrogen-bond acceptors (Lipinski definition) is 7. The number of rotatable bonds is 8. The van der Waals surface area contributed by atoms with Crippen LogP contribution in [0, 0.1) is 24.0 Å². The number of amides is 1. The lowest BCUT2D eigenvalue weighted by Crippen LogP contribution is -2.18. The third-order valence-electron chi connectivity index (χ3n) is 4.72. The van der Waals surface area contributed by atoms with Gasteiger partial charge in [0.15, 0.2) is 5.69 Å². The Balaban J connectivity index is 1.85. The van der Waals surface area contributed by atoms with Crippen molar-refractivity contribution in [2.45, 2.75) is 27.2 Å². The van der Waals surface area contributed by atoms with Gasteiger partial charge in [0.2, 0.25) is 10.0 Å². The van der Waals surface area contributed by atoms with Gasteiger partial charge >= 0.3 is 0 Å². The van der Waals surface area contributed by atoms with Gasteiger partial charge in [-0.25, -0.2) is 13.1 Å². The molecule has 0 spiro atoms. The van der Waals surface area contributed by atoms with E-state index >= 15 is 0 Å². The van der Waals surface area contributed by atoms with Crippen molar-refractivity contribution in [1.82, 2.24) is 15.0 Å². The topological polar surface area (TPSA) is 149 Å². The van der Waals surface area contributed by atoms with Crippen molar-refractivity contribution in [3.8, 4) is 5.69 Å². The molecule has 0 aliphatic carbocycles. The molecule has 0 aliphatic rings. The summed E-state index contributed by atoms with van der Waals surface area (Å²) in [7, 11) is -3.48. The van der Waals surface area contributed by atoms with Crippen molar-refractivity contribution in [2.24, 2.45) is 0 Å². The lowest BCUT2D eigenvalue weighted by molar-refractivity contribution is -0.384. The van der Waals surface area contributed by atoms with Gasteiger partial charge in [-0.2, -0.15) is 0 Å². The van der Waals surface area contributed by atoms with E-state index in [4.69, 9.17) is 0 Å². The fraction of sp³-hybridized carbons (Fsp3) is 0.250. The minimum atomic E-state index is -3.48. The molecule has 12 heteroatoms. The molecule has 168 valence electrons. The molecular weight excluding hydrogens is 436 g/mol. The van der Waals surface area contributed by atoms with E-state index in [1.54, 1.807) is 45.0 Å². The second kappa shape index (κ2) is 9.14. The van der Waals surface area contributed by atoms with E-state index in [-0.39, 0.29) is 17.1 Å². The van der Waals surface area contributed by atoms with Crippen molar-refractivity contribution in [3.63, 3.8) is 0 Å². The van der Waals surface area contributed by atoms with Crippen LogP contribution in [-0.4, -0.2) is 40.0 Å². The van der Waals surface area contributed by atoms with Gasteiger partial charge in [0.25, 0.3) is 11.6 Å². The van der Waals surface area contributed by atoms with Crippen molar-refractivity contribution in [1.29, 1.82) is 0 Å². The number of benzene rings is 2. The van der Waals surface area contributed by atoms with Gasteiger partial charge in [-0.05, 0) is 44.0 Å². The molecule has 0 unspecified atom stereocenters. The highest BCUT2D eigenvalue weighted by atomic mass is 32.2. The number of sulfonamides is 1. The SMILES string of the molecule is CCCS(=O)(=O)Nc1cccc(NC(=O)c2nnn(-c3cccc([N+](=O)[O-])c3)c2C)c1C. The highest BCUT2D eigenvalue weighted by molar-refractivity contribution is 7.92. The fourth-order valence-electron chi connectivity index (χ4n) is 3.07. The van der Waals surface area contributed by atoms with Crippen molar-refractivity contribution >= 4 is 33.0 Å². The molecule has 3 rings (SSSR count). The Morgan fingerprint density at radius 2 is 1.84 bits per heavy atom.